The average Bonchev–Trinajstić information content (AvgIpc) is 3.32. The smallest absolute Gasteiger partial charge is 0.291 e. The van der Waals surface area contributed by atoms with Crippen LogP contribution in [0.15, 0.2) is 47.1 Å². The van der Waals surface area contributed by atoms with Gasteiger partial charge in [-0.25, -0.2) is 4.68 Å². The Hall–Kier alpha value is -3.35. The molecule has 7 heteroatoms. The number of rotatable bonds is 4. The SMILES string of the molecule is Cc1ccc(C(=O)Nc2cc(C(C)(C)C)nn2C(C)(C)C)cc1NC(=O)c1ccco1. The van der Waals surface area contributed by atoms with E-state index in [0.29, 0.717) is 17.1 Å². The van der Waals surface area contributed by atoms with Gasteiger partial charge in [-0.3, -0.25) is 9.59 Å². The number of carbonyl (C=O) groups excluding carboxylic acids is 2. The number of aryl methyl sites for hydroxylation is 1. The van der Waals surface area contributed by atoms with Gasteiger partial charge in [0.25, 0.3) is 11.8 Å². The Morgan fingerprint density at radius 2 is 1.68 bits per heavy atom. The number of aromatic nitrogens is 2. The van der Waals surface area contributed by atoms with Crippen molar-refractivity contribution >= 4 is 23.3 Å². The van der Waals surface area contributed by atoms with Crippen LogP contribution in [-0.2, 0) is 11.0 Å². The zero-order valence-electron chi connectivity index (χ0n) is 19.2. The van der Waals surface area contributed by atoms with Gasteiger partial charge in [0.05, 0.1) is 17.5 Å². The predicted octanol–water partition coefficient (Wildman–Crippen LogP) is 5.34. The minimum atomic E-state index is -0.369. The van der Waals surface area contributed by atoms with Crippen LogP contribution >= 0.6 is 0 Å². The Labute approximate surface area is 182 Å². The number of nitrogens with one attached hydrogen (secondary N) is 2. The van der Waals surface area contributed by atoms with Gasteiger partial charge < -0.3 is 15.1 Å². The summed E-state index contributed by atoms with van der Waals surface area (Å²) in [6.07, 6.45) is 1.44. The Morgan fingerprint density at radius 1 is 0.968 bits per heavy atom. The van der Waals surface area contributed by atoms with Crippen molar-refractivity contribution in [3.05, 3.63) is 65.2 Å². The average molecular weight is 423 g/mol. The van der Waals surface area contributed by atoms with Gasteiger partial charge in [-0.1, -0.05) is 26.8 Å². The number of hydrogen-bond donors (Lipinski definition) is 2. The van der Waals surface area contributed by atoms with E-state index < -0.39 is 0 Å². The summed E-state index contributed by atoms with van der Waals surface area (Å²) in [4.78, 5) is 25.4. The minimum Gasteiger partial charge on any atom is -0.459 e. The molecule has 2 heterocycles. The predicted molar refractivity (Wildman–Crippen MR) is 122 cm³/mol. The lowest BCUT2D eigenvalue weighted by Gasteiger charge is -2.23. The molecule has 0 saturated heterocycles. The molecule has 2 N–H and O–H groups in total. The number of furan rings is 1. The molecule has 31 heavy (non-hydrogen) atoms. The van der Waals surface area contributed by atoms with Crippen molar-refractivity contribution in [3.63, 3.8) is 0 Å². The molecule has 0 fully saturated rings. The summed E-state index contributed by atoms with van der Waals surface area (Å²) in [5.41, 5.74) is 2.26. The van der Waals surface area contributed by atoms with Crippen LogP contribution in [-0.4, -0.2) is 21.6 Å². The Bertz CT molecular complexity index is 1100. The van der Waals surface area contributed by atoms with Crippen LogP contribution in [0.2, 0.25) is 0 Å². The Balaban J connectivity index is 1.87. The highest BCUT2D eigenvalue weighted by molar-refractivity contribution is 6.06. The molecule has 2 aromatic heterocycles. The van der Waals surface area contributed by atoms with Crippen LogP contribution in [0.1, 0.15) is 73.7 Å². The largest absolute Gasteiger partial charge is 0.459 e. The number of hydrogen-bond acceptors (Lipinski definition) is 4. The lowest BCUT2D eigenvalue weighted by molar-refractivity contribution is 0.0993. The molecular formula is C24H30N4O3. The molecule has 3 rings (SSSR count). The lowest BCUT2D eigenvalue weighted by atomic mass is 9.92. The molecule has 164 valence electrons. The van der Waals surface area contributed by atoms with Gasteiger partial charge >= 0.3 is 0 Å². The van der Waals surface area contributed by atoms with Crippen LogP contribution < -0.4 is 10.6 Å². The summed E-state index contributed by atoms with van der Waals surface area (Å²) in [6.45, 7) is 14.2. The number of amides is 2. The third-order valence-electron chi connectivity index (χ3n) is 4.85. The van der Waals surface area contributed by atoms with E-state index >= 15 is 0 Å². The first-order valence-corrected chi connectivity index (χ1v) is 10.2. The Morgan fingerprint density at radius 3 is 2.26 bits per heavy atom. The molecule has 3 aromatic rings. The third kappa shape index (κ3) is 5.05. The summed E-state index contributed by atoms with van der Waals surface area (Å²) in [7, 11) is 0. The highest BCUT2D eigenvalue weighted by Crippen LogP contribution is 2.29. The fourth-order valence-electron chi connectivity index (χ4n) is 3.03. The molecule has 0 saturated carbocycles. The van der Waals surface area contributed by atoms with Crippen LogP contribution in [0, 0.1) is 6.92 Å². The van der Waals surface area contributed by atoms with E-state index in [1.54, 1.807) is 30.3 Å². The van der Waals surface area contributed by atoms with Crippen molar-refractivity contribution in [1.29, 1.82) is 0 Å². The monoisotopic (exact) mass is 422 g/mol. The first-order chi connectivity index (χ1) is 14.4. The van der Waals surface area contributed by atoms with Crippen molar-refractivity contribution in [2.75, 3.05) is 10.6 Å². The van der Waals surface area contributed by atoms with Gasteiger partial charge in [0, 0.05) is 22.7 Å². The standard InChI is InChI=1S/C24H30N4O3/c1-15-10-11-16(13-17(15)25-22(30)18-9-8-12-31-18)21(29)26-20-14-19(23(2,3)4)27-28(20)24(5,6)7/h8-14H,1-7H3,(H,25,30)(H,26,29). The molecule has 1 aromatic carbocycles. The molecule has 2 amide bonds. The summed E-state index contributed by atoms with van der Waals surface area (Å²) < 4.78 is 6.97. The molecule has 0 spiro atoms. The van der Waals surface area contributed by atoms with Gasteiger partial charge in [0.15, 0.2) is 5.76 Å². The van der Waals surface area contributed by atoms with Gasteiger partial charge in [-0.2, -0.15) is 5.10 Å². The first kappa shape index (κ1) is 22.3. The van der Waals surface area contributed by atoms with E-state index in [2.05, 4.69) is 31.4 Å². The van der Waals surface area contributed by atoms with Crippen molar-refractivity contribution in [3.8, 4) is 0 Å². The van der Waals surface area contributed by atoms with Crippen LogP contribution in [0.5, 0.6) is 0 Å². The second-order valence-corrected chi connectivity index (χ2v) is 9.66. The van der Waals surface area contributed by atoms with Gasteiger partial charge in [-0.05, 0) is 57.5 Å². The van der Waals surface area contributed by atoms with E-state index in [4.69, 9.17) is 9.52 Å². The summed E-state index contributed by atoms with van der Waals surface area (Å²) in [5.74, 6) is 0.188. The van der Waals surface area contributed by atoms with Crippen LogP contribution in [0.3, 0.4) is 0 Å². The molecule has 0 atom stereocenters. The number of anilines is 2. The zero-order chi connectivity index (χ0) is 23.0. The second kappa shape index (κ2) is 8.06. The molecule has 0 unspecified atom stereocenters. The molecule has 7 nitrogen and oxygen atoms in total. The van der Waals surface area contributed by atoms with Crippen LogP contribution in [0.25, 0.3) is 0 Å². The third-order valence-corrected chi connectivity index (χ3v) is 4.85. The molecule has 0 aliphatic heterocycles. The van der Waals surface area contributed by atoms with Crippen molar-refractivity contribution in [2.45, 2.75) is 59.4 Å². The summed E-state index contributed by atoms with van der Waals surface area (Å²) in [6, 6.07) is 10.3. The minimum absolute atomic E-state index is 0.150. The fraction of sp³-hybridized carbons (Fsp3) is 0.375. The molecule has 0 aliphatic rings. The van der Waals surface area contributed by atoms with Gasteiger partial charge in [0.2, 0.25) is 0 Å². The highest BCUT2D eigenvalue weighted by atomic mass is 16.3. The maximum atomic E-state index is 13.0. The number of carbonyl (C=O) groups is 2. The second-order valence-electron chi connectivity index (χ2n) is 9.66. The Kier molecular flexibility index (Phi) is 5.81. The molecule has 0 bridgehead atoms. The van der Waals surface area contributed by atoms with Crippen molar-refractivity contribution in [1.82, 2.24) is 9.78 Å². The van der Waals surface area contributed by atoms with E-state index in [9.17, 15) is 9.59 Å². The van der Waals surface area contributed by atoms with Crippen LogP contribution in [0.4, 0.5) is 11.5 Å². The fourth-order valence-corrected chi connectivity index (χ4v) is 3.03. The lowest BCUT2D eigenvalue weighted by Crippen LogP contribution is -2.27. The molecule has 0 radical (unpaired) electrons. The molecular weight excluding hydrogens is 392 g/mol. The van der Waals surface area contributed by atoms with E-state index in [0.717, 1.165) is 11.3 Å². The van der Waals surface area contributed by atoms with Crippen molar-refractivity contribution < 1.29 is 14.0 Å². The number of benzene rings is 1. The van der Waals surface area contributed by atoms with Crippen molar-refractivity contribution in [2.24, 2.45) is 0 Å². The maximum Gasteiger partial charge on any atom is 0.291 e. The highest BCUT2D eigenvalue weighted by Gasteiger charge is 2.26. The zero-order valence-corrected chi connectivity index (χ0v) is 19.2. The summed E-state index contributed by atoms with van der Waals surface area (Å²) >= 11 is 0. The normalized spacial score (nSPS) is 12.0. The first-order valence-electron chi connectivity index (χ1n) is 10.2. The quantitative estimate of drug-likeness (QED) is 0.594. The number of nitrogens with zero attached hydrogens (tertiary/aromatic N) is 2. The summed E-state index contributed by atoms with van der Waals surface area (Å²) in [5, 5.41) is 10.5. The van der Waals surface area contributed by atoms with E-state index in [1.165, 1.54) is 6.26 Å². The van der Waals surface area contributed by atoms with Gasteiger partial charge in [0.1, 0.15) is 5.82 Å². The van der Waals surface area contributed by atoms with E-state index in [1.807, 2.05) is 38.4 Å². The van der Waals surface area contributed by atoms with E-state index in [-0.39, 0.29) is 28.5 Å². The van der Waals surface area contributed by atoms with Gasteiger partial charge in [-0.15, -0.1) is 0 Å². The molecule has 0 aliphatic carbocycles. The topological polar surface area (TPSA) is 89.2 Å². The maximum absolute atomic E-state index is 13.0.